The summed E-state index contributed by atoms with van der Waals surface area (Å²) in [7, 11) is 0. The molecule has 0 bridgehead atoms. The number of thioether (sulfide) groups is 1. The van der Waals surface area contributed by atoms with Crippen molar-refractivity contribution in [2.24, 2.45) is 0 Å². The second kappa shape index (κ2) is 4.65. The highest BCUT2D eigenvalue weighted by Crippen LogP contribution is 2.43. The lowest BCUT2D eigenvalue weighted by Crippen LogP contribution is -2.48. The lowest BCUT2D eigenvalue weighted by Gasteiger charge is -2.43. The first kappa shape index (κ1) is 11.8. The standard InChI is InChI=1S/C11H18N2O2S/c1-16-11(4-2-5-11)8-13-6-3-9(14)12-7-10(13)15/h2-8H2,1H3,(H,12,14). The predicted molar refractivity (Wildman–Crippen MR) is 64.3 cm³/mol. The Labute approximate surface area is 100 Å². The lowest BCUT2D eigenvalue weighted by molar-refractivity contribution is -0.130. The van der Waals surface area contributed by atoms with E-state index >= 15 is 0 Å². The van der Waals surface area contributed by atoms with Gasteiger partial charge in [-0.05, 0) is 19.1 Å². The van der Waals surface area contributed by atoms with Crippen molar-refractivity contribution >= 4 is 23.6 Å². The van der Waals surface area contributed by atoms with E-state index in [1.807, 2.05) is 16.7 Å². The molecule has 4 nitrogen and oxygen atoms in total. The second-order valence-corrected chi connectivity index (χ2v) is 5.86. The van der Waals surface area contributed by atoms with Crippen LogP contribution in [0, 0.1) is 0 Å². The van der Waals surface area contributed by atoms with E-state index in [-0.39, 0.29) is 23.1 Å². The molecule has 1 saturated carbocycles. The molecule has 1 heterocycles. The first-order valence-corrected chi connectivity index (χ1v) is 6.97. The SMILES string of the molecule is CSC1(CN2CCC(=O)NCC2=O)CCC1. The number of carbonyl (C=O) groups excluding carboxylic acids is 2. The molecule has 0 radical (unpaired) electrons. The maximum Gasteiger partial charge on any atom is 0.242 e. The van der Waals surface area contributed by atoms with Crippen LogP contribution in [0.5, 0.6) is 0 Å². The molecule has 5 heteroatoms. The molecule has 0 aromatic heterocycles. The van der Waals surface area contributed by atoms with Crippen LogP contribution in [0.3, 0.4) is 0 Å². The van der Waals surface area contributed by atoms with Gasteiger partial charge in [-0.25, -0.2) is 0 Å². The third kappa shape index (κ3) is 2.34. The van der Waals surface area contributed by atoms with Gasteiger partial charge in [0.25, 0.3) is 0 Å². The average molecular weight is 242 g/mol. The molecule has 1 aliphatic heterocycles. The van der Waals surface area contributed by atoms with Crippen LogP contribution in [-0.2, 0) is 9.59 Å². The van der Waals surface area contributed by atoms with Gasteiger partial charge in [0.15, 0.2) is 0 Å². The highest BCUT2D eigenvalue weighted by molar-refractivity contribution is 8.00. The summed E-state index contributed by atoms with van der Waals surface area (Å²) in [5.74, 6) is 0.0498. The smallest absolute Gasteiger partial charge is 0.242 e. The van der Waals surface area contributed by atoms with Gasteiger partial charge in [0.05, 0.1) is 6.54 Å². The Morgan fingerprint density at radius 1 is 1.44 bits per heavy atom. The molecule has 16 heavy (non-hydrogen) atoms. The Morgan fingerprint density at radius 3 is 2.75 bits per heavy atom. The minimum atomic E-state index is -0.0114. The largest absolute Gasteiger partial charge is 0.347 e. The highest BCUT2D eigenvalue weighted by atomic mass is 32.2. The van der Waals surface area contributed by atoms with Gasteiger partial charge < -0.3 is 10.2 Å². The summed E-state index contributed by atoms with van der Waals surface area (Å²) < 4.78 is 0.267. The van der Waals surface area contributed by atoms with E-state index < -0.39 is 0 Å². The third-order valence-corrected chi connectivity index (χ3v) is 4.98. The van der Waals surface area contributed by atoms with E-state index in [2.05, 4.69) is 11.6 Å². The number of amides is 2. The fourth-order valence-electron chi connectivity index (χ4n) is 2.25. The summed E-state index contributed by atoms with van der Waals surface area (Å²) in [6.07, 6.45) is 6.21. The zero-order chi connectivity index (χ0) is 11.6. The minimum absolute atomic E-state index is 0.0114. The summed E-state index contributed by atoms with van der Waals surface area (Å²) in [5, 5.41) is 2.63. The quantitative estimate of drug-likeness (QED) is 0.789. The Balaban J connectivity index is 1.97. The van der Waals surface area contributed by atoms with E-state index in [0.29, 0.717) is 13.0 Å². The first-order chi connectivity index (χ1) is 7.65. The van der Waals surface area contributed by atoms with Gasteiger partial charge in [0, 0.05) is 24.3 Å². The number of rotatable bonds is 3. The Hall–Kier alpha value is -0.710. The average Bonchev–Trinajstić information content (AvgIpc) is 2.37. The normalized spacial score (nSPS) is 24.7. The maximum absolute atomic E-state index is 11.8. The third-order valence-electron chi connectivity index (χ3n) is 3.58. The number of hydrogen-bond acceptors (Lipinski definition) is 3. The monoisotopic (exact) mass is 242 g/mol. The van der Waals surface area contributed by atoms with Crippen molar-refractivity contribution < 1.29 is 9.59 Å². The maximum atomic E-state index is 11.8. The van der Waals surface area contributed by atoms with Crippen molar-refractivity contribution in [2.75, 3.05) is 25.9 Å². The van der Waals surface area contributed by atoms with Gasteiger partial charge in [0.2, 0.25) is 11.8 Å². The predicted octanol–water partition coefficient (Wildman–Crippen LogP) is 0.621. The van der Waals surface area contributed by atoms with Crippen LogP contribution in [-0.4, -0.2) is 47.4 Å². The van der Waals surface area contributed by atoms with Crippen LogP contribution in [0.15, 0.2) is 0 Å². The van der Waals surface area contributed by atoms with E-state index in [4.69, 9.17) is 0 Å². The zero-order valence-electron chi connectivity index (χ0n) is 9.62. The topological polar surface area (TPSA) is 49.4 Å². The van der Waals surface area contributed by atoms with Crippen LogP contribution in [0.2, 0.25) is 0 Å². The van der Waals surface area contributed by atoms with Crippen LogP contribution in [0.25, 0.3) is 0 Å². The number of nitrogens with one attached hydrogen (secondary N) is 1. The molecule has 1 saturated heterocycles. The second-order valence-electron chi connectivity index (χ2n) is 4.58. The van der Waals surface area contributed by atoms with E-state index in [9.17, 15) is 9.59 Å². The first-order valence-electron chi connectivity index (χ1n) is 5.75. The van der Waals surface area contributed by atoms with Crippen molar-refractivity contribution in [1.82, 2.24) is 10.2 Å². The molecule has 0 unspecified atom stereocenters. The Morgan fingerprint density at radius 2 is 2.19 bits per heavy atom. The summed E-state index contributed by atoms with van der Waals surface area (Å²) in [6, 6.07) is 0. The van der Waals surface area contributed by atoms with Crippen LogP contribution < -0.4 is 5.32 Å². The van der Waals surface area contributed by atoms with E-state index in [0.717, 1.165) is 6.54 Å². The van der Waals surface area contributed by atoms with Crippen molar-refractivity contribution in [3.63, 3.8) is 0 Å². The summed E-state index contributed by atoms with van der Waals surface area (Å²) in [4.78, 5) is 24.8. The molecule has 0 aromatic rings. The lowest BCUT2D eigenvalue weighted by atomic mass is 9.83. The molecule has 2 fully saturated rings. The van der Waals surface area contributed by atoms with Gasteiger partial charge in [-0.3, -0.25) is 9.59 Å². The van der Waals surface area contributed by atoms with Gasteiger partial charge in [-0.15, -0.1) is 0 Å². The van der Waals surface area contributed by atoms with Gasteiger partial charge in [-0.2, -0.15) is 11.8 Å². The van der Waals surface area contributed by atoms with Crippen molar-refractivity contribution in [1.29, 1.82) is 0 Å². The van der Waals surface area contributed by atoms with Crippen molar-refractivity contribution in [3.05, 3.63) is 0 Å². The molecular weight excluding hydrogens is 224 g/mol. The molecule has 2 amide bonds. The zero-order valence-corrected chi connectivity index (χ0v) is 10.4. The minimum Gasteiger partial charge on any atom is -0.347 e. The molecule has 90 valence electrons. The van der Waals surface area contributed by atoms with Gasteiger partial charge in [0.1, 0.15) is 0 Å². The molecular formula is C11H18N2O2S. The summed E-state index contributed by atoms with van der Waals surface area (Å²) >= 11 is 1.86. The fraction of sp³-hybridized carbons (Fsp3) is 0.818. The molecule has 0 spiro atoms. The number of hydrogen-bond donors (Lipinski definition) is 1. The molecule has 2 rings (SSSR count). The van der Waals surface area contributed by atoms with Crippen LogP contribution in [0.1, 0.15) is 25.7 Å². The number of nitrogens with zero attached hydrogens (tertiary/aromatic N) is 1. The number of carbonyl (C=O) groups is 2. The van der Waals surface area contributed by atoms with Crippen molar-refractivity contribution in [3.8, 4) is 0 Å². The molecule has 2 aliphatic rings. The van der Waals surface area contributed by atoms with Crippen LogP contribution in [0.4, 0.5) is 0 Å². The molecule has 0 aromatic carbocycles. The van der Waals surface area contributed by atoms with E-state index in [1.165, 1.54) is 19.3 Å². The van der Waals surface area contributed by atoms with Crippen LogP contribution >= 0.6 is 11.8 Å². The Bertz CT molecular complexity index is 297. The Kier molecular flexibility index (Phi) is 3.42. The molecule has 1 aliphatic carbocycles. The molecule has 0 atom stereocenters. The summed E-state index contributed by atoms with van der Waals surface area (Å²) in [6.45, 7) is 1.55. The van der Waals surface area contributed by atoms with Crippen molar-refractivity contribution in [2.45, 2.75) is 30.4 Å². The van der Waals surface area contributed by atoms with Gasteiger partial charge >= 0.3 is 0 Å². The summed E-state index contributed by atoms with van der Waals surface area (Å²) in [5.41, 5.74) is 0. The fourth-order valence-corrected chi connectivity index (χ4v) is 3.23. The highest BCUT2D eigenvalue weighted by Gasteiger charge is 2.39. The molecule has 1 N–H and O–H groups in total. The van der Waals surface area contributed by atoms with Gasteiger partial charge in [-0.1, -0.05) is 6.42 Å². The van der Waals surface area contributed by atoms with E-state index in [1.54, 1.807) is 0 Å².